The molecule has 0 bridgehead atoms. The maximum Gasteiger partial charge on any atom is 0.0446 e. The summed E-state index contributed by atoms with van der Waals surface area (Å²) >= 11 is 0. The second kappa shape index (κ2) is 9.85. The van der Waals surface area contributed by atoms with Crippen LogP contribution in [0.2, 0.25) is 0 Å². The van der Waals surface area contributed by atoms with E-state index in [1.807, 2.05) is 6.07 Å². The topological polar surface area (TPSA) is 0 Å². The predicted octanol–water partition coefficient (Wildman–Crippen LogP) is 7.86. The molecule has 0 amide bonds. The van der Waals surface area contributed by atoms with E-state index < -0.39 is 0 Å². The number of unbranched alkanes of at least 4 members (excludes halogenated alkanes) is 6. The number of rotatable bonds is 10. The monoisotopic (exact) mass is 382 g/mol. The fraction of sp³-hybridized carbons (Fsp3) is 0.448. The van der Waals surface area contributed by atoms with Gasteiger partial charge in [-0.05, 0) is 41.2 Å². The summed E-state index contributed by atoms with van der Waals surface area (Å²) in [6.45, 7) is 4.55. The Bertz CT molecular complexity index is 904. The first-order valence-corrected chi connectivity index (χ1v) is 11.4. The number of fused-ring (bicyclic) bond motifs is 3. The van der Waals surface area contributed by atoms with Crippen molar-refractivity contribution < 1.29 is 0 Å². The molecule has 0 nitrogen and oxygen atoms in total. The van der Waals surface area contributed by atoms with Crippen LogP contribution in [0.15, 0.2) is 36.4 Å². The molecule has 2 aromatic rings. The van der Waals surface area contributed by atoms with Crippen molar-refractivity contribution >= 4 is 0 Å². The second-order valence-corrected chi connectivity index (χ2v) is 8.45. The van der Waals surface area contributed by atoms with E-state index in [1.54, 1.807) is 0 Å². The van der Waals surface area contributed by atoms with E-state index in [4.69, 9.17) is 12.8 Å². The first-order valence-electron chi connectivity index (χ1n) is 11.4. The molecule has 0 saturated heterocycles. The molecule has 3 rings (SSSR count). The lowest BCUT2D eigenvalue weighted by atomic mass is 9.69. The van der Waals surface area contributed by atoms with Crippen LogP contribution in [0.1, 0.15) is 100 Å². The molecule has 0 atom stereocenters. The van der Waals surface area contributed by atoms with Gasteiger partial charge in [-0.25, -0.2) is 0 Å². The van der Waals surface area contributed by atoms with Crippen molar-refractivity contribution in [3.05, 3.63) is 58.7 Å². The van der Waals surface area contributed by atoms with Crippen LogP contribution in [0.25, 0.3) is 11.1 Å². The predicted molar refractivity (Wildman–Crippen MR) is 126 cm³/mol. The summed E-state index contributed by atoms with van der Waals surface area (Å²) in [6, 6.07) is 13.2. The van der Waals surface area contributed by atoms with Crippen molar-refractivity contribution in [3.63, 3.8) is 0 Å². The molecule has 150 valence electrons. The van der Waals surface area contributed by atoms with Gasteiger partial charge in [0.2, 0.25) is 0 Å². The van der Waals surface area contributed by atoms with Crippen molar-refractivity contribution in [1.29, 1.82) is 0 Å². The number of hydrogen-bond donors (Lipinski definition) is 0. The Hall–Kier alpha value is -2.44. The molecule has 0 heterocycles. The van der Waals surface area contributed by atoms with Gasteiger partial charge < -0.3 is 0 Å². The third kappa shape index (κ3) is 4.00. The molecule has 0 fully saturated rings. The van der Waals surface area contributed by atoms with Gasteiger partial charge in [0.15, 0.2) is 0 Å². The summed E-state index contributed by atoms with van der Waals surface area (Å²) in [5.41, 5.74) is 7.28. The SMILES string of the molecule is C#Cc1ccc2c(c1C#C)C(CCCCCC)(CCCCCC)c1ccccc1-2. The van der Waals surface area contributed by atoms with Crippen molar-refractivity contribution in [2.45, 2.75) is 83.5 Å². The molecule has 0 unspecified atom stereocenters. The van der Waals surface area contributed by atoms with E-state index in [0.717, 1.165) is 24.0 Å². The van der Waals surface area contributed by atoms with Crippen molar-refractivity contribution in [2.24, 2.45) is 0 Å². The molecular formula is C29H34. The molecule has 0 aromatic heterocycles. The maximum absolute atomic E-state index is 6.06. The lowest BCUT2D eigenvalue weighted by Gasteiger charge is -2.34. The van der Waals surface area contributed by atoms with E-state index >= 15 is 0 Å². The van der Waals surface area contributed by atoms with E-state index in [9.17, 15) is 0 Å². The fourth-order valence-electron chi connectivity index (χ4n) is 5.22. The Morgan fingerprint density at radius 3 is 1.97 bits per heavy atom. The molecule has 1 aliphatic rings. The minimum absolute atomic E-state index is 0.00196. The van der Waals surface area contributed by atoms with Crippen LogP contribution >= 0.6 is 0 Å². The average molecular weight is 383 g/mol. The molecule has 2 aromatic carbocycles. The Morgan fingerprint density at radius 2 is 1.38 bits per heavy atom. The first-order chi connectivity index (χ1) is 14.2. The zero-order valence-corrected chi connectivity index (χ0v) is 18.2. The lowest BCUT2D eigenvalue weighted by Crippen LogP contribution is -2.27. The largest absolute Gasteiger partial charge is 0.115 e. The Balaban J connectivity index is 2.15. The van der Waals surface area contributed by atoms with Crippen LogP contribution < -0.4 is 0 Å². The first kappa shape index (κ1) is 21.3. The maximum atomic E-state index is 6.06. The standard InChI is InChI=1S/C29H34/c1-5-9-11-15-21-29(22-16-12-10-6-2)27-18-14-13-17-25(27)26-20-19-23(7-3)24(8-4)28(26)29/h3-4,13-14,17-20H,5-6,9-12,15-16,21-22H2,1-2H3. The molecule has 29 heavy (non-hydrogen) atoms. The normalized spacial score (nSPS) is 13.4. The zero-order chi connectivity index (χ0) is 20.7. The number of hydrogen-bond acceptors (Lipinski definition) is 0. The summed E-state index contributed by atoms with van der Waals surface area (Å²) in [5.74, 6) is 5.85. The highest BCUT2D eigenvalue weighted by molar-refractivity contribution is 5.84. The molecule has 0 radical (unpaired) electrons. The van der Waals surface area contributed by atoms with Crippen LogP contribution in [-0.2, 0) is 5.41 Å². The highest BCUT2D eigenvalue weighted by atomic mass is 14.5. The molecule has 1 aliphatic carbocycles. The summed E-state index contributed by atoms with van der Waals surface area (Å²) < 4.78 is 0. The van der Waals surface area contributed by atoms with Crippen molar-refractivity contribution in [1.82, 2.24) is 0 Å². The van der Waals surface area contributed by atoms with E-state index in [0.29, 0.717) is 0 Å². The van der Waals surface area contributed by atoms with Crippen LogP contribution in [0.3, 0.4) is 0 Å². The third-order valence-corrected chi connectivity index (χ3v) is 6.63. The van der Waals surface area contributed by atoms with Crippen LogP contribution in [0.4, 0.5) is 0 Å². The van der Waals surface area contributed by atoms with Gasteiger partial charge in [0.25, 0.3) is 0 Å². The lowest BCUT2D eigenvalue weighted by molar-refractivity contribution is 0.400. The van der Waals surface area contributed by atoms with Gasteiger partial charge in [0.05, 0.1) is 0 Å². The molecule has 0 N–H and O–H groups in total. The van der Waals surface area contributed by atoms with Crippen LogP contribution in [-0.4, -0.2) is 0 Å². The quantitative estimate of drug-likeness (QED) is 0.290. The van der Waals surface area contributed by atoms with E-state index in [2.05, 4.69) is 56.0 Å². The average Bonchev–Trinajstić information content (AvgIpc) is 3.04. The van der Waals surface area contributed by atoms with Gasteiger partial charge in [-0.1, -0.05) is 107 Å². The minimum Gasteiger partial charge on any atom is -0.115 e. The van der Waals surface area contributed by atoms with Crippen LogP contribution in [0.5, 0.6) is 0 Å². The van der Waals surface area contributed by atoms with Gasteiger partial charge in [0, 0.05) is 16.5 Å². The summed E-state index contributed by atoms with van der Waals surface area (Å²) in [4.78, 5) is 0. The van der Waals surface area contributed by atoms with Gasteiger partial charge in [0.1, 0.15) is 0 Å². The van der Waals surface area contributed by atoms with Crippen molar-refractivity contribution in [2.75, 3.05) is 0 Å². The Kier molecular flexibility index (Phi) is 7.23. The molecule has 0 saturated carbocycles. The highest BCUT2D eigenvalue weighted by Gasteiger charge is 2.43. The number of benzene rings is 2. The summed E-state index contributed by atoms with van der Waals surface area (Å²) in [5, 5.41) is 0. The molecule has 0 aliphatic heterocycles. The summed E-state index contributed by atoms with van der Waals surface area (Å²) in [6.07, 6.45) is 24.4. The molecule has 0 heteroatoms. The molecule has 0 spiro atoms. The van der Waals surface area contributed by atoms with Gasteiger partial charge in [-0.2, -0.15) is 0 Å². The molecular weight excluding hydrogens is 348 g/mol. The Morgan fingerprint density at radius 1 is 0.724 bits per heavy atom. The van der Waals surface area contributed by atoms with Gasteiger partial charge in [-0.15, -0.1) is 12.8 Å². The van der Waals surface area contributed by atoms with Crippen LogP contribution in [0, 0.1) is 24.7 Å². The van der Waals surface area contributed by atoms with Crippen molar-refractivity contribution in [3.8, 4) is 35.8 Å². The zero-order valence-electron chi connectivity index (χ0n) is 18.2. The summed E-state index contributed by atoms with van der Waals surface area (Å²) in [7, 11) is 0. The third-order valence-electron chi connectivity index (χ3n) is 6.63. The smallest absolute Gasteiger partial charge is 0.0446 e. The Labute approximate surface area is 178 Å². The van der Waals surface area contributed by atoms with Gasteiger partial charge in [-0.3, -0.25) is 0 Å². The number of terminal acetylenes is 2. The fourth-order valence-corrected chi connectivity index (χ4v) is 5.22. The second-order valence-electron chi connectivity index (χ2n) is 8.45. The minimum atomic E-state index is 0.00196. The van der Waals surface area contributed by atoms with Gasteiger partial charge >= 0.3 is 0 Å². The van der Waals surface area contributed by atoms with E-state index in [1.165, 1.54) is 73.6 Å². The highest BCUT2D eigenvalue weighted by Crippen LogP contribution is 2.55. The van der Waals surface area contributed by atoms with E-state index in [-0.39, 0.29) is 5.41 Å².